The second kappa shape index (κ2) is 6.89. The molecule has 1 N–H and O–H groups in total. The summed E-state index contributed by atoms with van der Waals surface area (Å²) in [6.07, 6.45) is 0. The van der Waals surface area contributed by atoms with Crippen LogP contribution in [-0.4, -0.2) is 26.2 Å². The summed E-state index contributed by atoms with van der Waals surface area (Å²) in [6.45, 7) is 0.355. The van der Waals surface area contributed by atoms with E-state index in [9.17, 15) is 4.79 Å². The van der Waals surface area contributed by atoms with Crippen molar-refractivity contribution < 1.29 is 9.53 Å². The predicted octanol–water partition coefficient (Wildman–Crippen LogP) is 1.45. The minimum atomic E-state index is -0.178. The third-order valence-corrected chi connectivity index (χ3v) is 1.94. The van der Waals surface area contributed by atoms with Crippen molar-refractivity contribution in [2.45, 2.75) is 0 Å². The molecule has 0 aromatic heterocycles. The molecular formula is C12H12ClNO2. The number of nitrogens with one attached hydrogen (secondary N) is 1. The van der Waals surface area contributed by atoms with Gasteiger partial charge in [0.1, 0.15) is 6.61 Å². The van der Waals surface area contributed by atoms with Crippen molar-refractivity contribution in [3.05, 3.63) is 34.9 Å². The maximum Gasteiger partial charge on any atom is 0.246 e. The fourth-order valence-electron chi connectivity index (χ4n) is 1.04. The lowest BCUT2D eigenvalue weighted by atomic mass is 10.2. The van der Waals surface area contributed by atoms with Crippen LogP contribution >= 0.6 is 11.6 Å². The van der Waals surface area contributed by atoms with Gasteiger partial charge in [-0.2, -0.15) is 0 Å². The van der Waals surface area contributed by atoms with Gasteiger partial charge in [-0.25, -0.2) is 0 Å². The van der Waals surface area contributed by atoms with E-state index in [-0.39, 0.29) is 12.5 Å². The second-order valence-corrected chi connectivity index (χ2v) is 3.46. The zero-order valence-electron chi connectivity index (χ0n) is 8.92. The van der Waals surface area contributed by atoms with Crippen LogP contribution in [0.25, 0.3) is 0 Å². The van der Waals surface area contributed by atoms with E-state index in [0.717, 1.165) is 5.56 Å². The summed E-state index contributed by atoms with van der Waals surface area (Å²) < 4.78 is 4.66. The first-order valence-corrected chi connectivity index (χ1v) is 5.10. The lowest BCUT2D eigenvalue weighted by Gasteiger charge is -1.98. The monoisotopic (exact) mass is 237 g/mol. The first kappa shape index (κ1) is 12.6. The highest BCUT2D eigenvalue weighted by molar-refractivity contribution is 6.30. The van der Waals surface area contributed by atoms with E-state index in [4.69, 9.17) is 11.6 Å². The number of carbonyl (C=O) groups excluding carboxylic acids is 1. The molecule has 4 heteroatoms. The first-order chi connectivity index (χ1) is 7.72. The quantitative estimate of drug-likeness (QED) is 0.809. The summed E-state index contributed by atoms with van der Waals surface area (Å²) in [5.41, 5.74) is 0.827. The summed E-state index contributed by atoms with van der Waals surface area (Å²) in [5, 5.41) is 3.25. The SMILES string of the molecule is COCC(=O)NCC#Cc1cccc(Cl)c1. The molecule has 1 amide bonds. The molecule has 0 bridgehead atoms. The maximum absolute atomic E-state index is 11.0. The number of halogens is 1. The van der Waals surface area contributed by atoms with Gasteiger partial charge in [0.15, 0.2) is 0 Å². The maximum atomic E-state index is 11.0. The summed E-state index contributed by atoms with van der Waals surface area (Å²) >= 11 is 5.80. The minimum Gasteiger partial charge on any atom is -0.375 e. The van der Waals surface area contributed by atoms with Gasteiger partial charge in [-0.05, 0) is 18.2 Å². The molecule has 0 unspecified atom stereocenters. The molecule has 0 aliphatic carbocycles. The molecule has 0 atom stereocenters. The number of hydrogen-bond donors (Lipinski definition) is 1. The molecule has 84 valence electrons. The van der Waals surface area contributed by atoms with Gasteiger partial charge in [-0.15, -0.1) is 0 Å². The van der Waals surface area contributed by atoms with Crippen molar-refractivity contribution in [3.8, 4) is 11.8 Å². The van der Waals surface area contributed by atoms with Crippen molar-refractivity contribution in [2.24, 2.45) is 0 Å². The highest BCUT2D eigenvalue weighted by Gasteiger charge is 1.95. The van der Waals surface area contributed by atoms with Gasteiger partial charge in [0.2, 0.25) is 5.91 Å². The van der Waals surface area contributed by atoms with Crippen LogP contribution in [0.1, 0.15) is 5.56 Å². The van der Waals surface area contributed by atoms with E-state index in [1.165, 1.54) is 7.11 Å². The van der Waals surface area contributed by atoms with Gasteiger partial charge in [0.05, 0.1) is 6.54 Å². The van der Waals surface area contributed by atoms with Gasteiger partial charge in [-0.1, -0.05) is 29.5 Å². The van der Waals surface area contributed by atoms with Crippen molar-refractivity contribution >= 4 is 17.5 Å². The van der Waals surface area contributed by atoms with Gasteiger partial charge in [0.25, 0.3) is 0 Å². The van der Waals surface area contributed by atoms with Crippen molar-refractivity contribution in [1.82, 2.24) is 5.32 Å². The Kier molecular flexibility index (Phi) is 5.41. The number of ether oxygens (including phenoxy) is 1. The van der Waals surface area contributed by atoms with E-state index >= 15 is 0 Å². The van der Waals surface area contributed by atoms with Crippen LogP contribution < -0.4 is 5.32 Å². The van der Waals surface area contributed by atoms with Crippen LogP contribution in [0.15, 0.2) is 24.3 Å². The summed E-state index contributed by atoms with van der Waals surface area (Å²) in [7, 11) is 1.47. The molecule has 0 spiro atoms. The highest BCUT2D eigenvalue weighted by atomic mass is 35.5. The standard InChI is InChI=1S/C12H12ClNO2/c1-16-9-12(15)14-7-3-5-10-4-2-6-11(13)8-10/h2,4,6,8H,7,9H2,1H3,(H,14,15). The molecule has 1 rings (SSSR count). The molecular weight excluding hydrogens is 226 g/mol. The zero-order valence-corrected chi connectivity index (χ0v) is 9.67. The molecule has 16 heavy (non-hydrogen) atoms. The summed E-state index contributed by atoms with van der Waals surface area (Å²) in [4.78, 5) is 11.0. The van der Waals surface area contributed by atoms with E-state index in [0.29, 0.717) is 11.6 Å². The van der Waals surface area contributed by atoms with Gasteiger partial charge in [-0.3, -0.25) is 4.79 Å². The Morgan fingerprint density at radius 2 is 2.38 bits per heavy atom. The van der Waals surface area contributed by atoms with Gasteiger partial charge in [0, 0.05) is 17.7 Å². The van der Waals surface area contributed by atoms with Gasteiger partial charge < -0.3 is 10.1 Å². The Labute approximate surface area is 99.7 Å². The average Bonchev–Trinajstić information content (AvgIpc) is 2.25. The fourth-order valence-corrected chi connectivity index (χ4v) is 1.23. The summed E-state index contributed by atoms with van der Waals surface area (Å²) in [6, 6.07) is 7.24. The van der Waals surface area contributed by atoms with Crippen molar-refractivity contribution in [1.29, 1.82) is 0 Å². The van der Waals surface area contributed by atoms with Crippen LogP contribution in [0, 0.1) is 11.8 Å². The van der Waals surface area contributed by atoms with E-state index in [1.54, 1.807) is 12.1 Å². The molecule has 1 aromatic carbocycles. The van der Waals surface area contributed by atoms with Crippen molar-refractivity contribution in [3.63, 3.8) is 0 Å². The van der Waals surface area contributed by atoms with Gasteiger partial charge >= 0.3 is 0 Å². The van der Waals surface area contributed by atoms with E-state index < -0.39 is 0 Å². The Bertz CT molecular complexity index is 421. The lowest BCUT2D eigenvalue weighted by Crippen LogP contribution is -2.27. The average molecular weight is 238 g/mol. The number of hydrogen-bond acceptors (Lipinski definition) is 2. The zero-order chi connectivity index (χ0) is 11.8. The van der Waals surface area contributed by atoms with E-state index in [2.05, 4.69) is 21.9 Å². The Balaban J connectivity index is 2.41. The molecule has 0 aliphatic rings. The van der Waals surface area contributed by atoms with Crippen LogP contribution in [0.3, 0.4) is 0 Å². The first-order valence-electron chi connectivity index (χ1n) is 4.72. The molecule has 0 saturated carbocycles. The largest absolute Gasteiger partial charge is 0.375 e. The molecule has 1 aromatic rings. The minimum absolute atomic E-state index is 0.0544. The molecule has 0 heterocycles. The summed E-state index contributed by atoms with van der Waals surface area (Å²) in [5.74, 6) is 5.54. The Hall–Kier alpha value is -1.50. The van der Waals surface area contributed by atoms with E-state index in [1.807, 2.05) is 12.1 Å². The fraction of sp³-hybridized carbons (Fsp3) is 0.250. The van der Waals surface area contributed by atoms with Crippen LogP contribution in [0.4, 0.5) is 0 Å². The number of rotatable bonds is 3. The topological polar surface area (TPSA) is 38.3 Å². The molecule has 0 saturated heterocycles. The number of carbonyl (C=O) groups is 1. The van der Waals surface area contributed by atoms with Crippen LogP contribution in [0.5, 0.6) is 0 Å². The lowest BCUT2D eigenvalue weighted by molar-refractivity contribution is -0.124. The Morgan fingerprint density at radius 3 is 3.06 bits per heavy atom. The smallest absolute Gasteiger partial charge is 0.246 e. The number of methoxy groups -OCH3 is 1. The molecule has 3 nitrogen and oxygen atoms in total. The third-order valence-electron chi connectivity index (χ3n) is 1.71. The van der Waals surface area contributed by atoms with Crippen LogP contribution in [0.2, 0.25) is 5.02 Å². The Morgan fingerprint density at radius 1 is 1.56 bits per heavy atom. The normalized spacial score (nSPS) is 9.12. The molecule has 0 radical (unpaired) electrons. The highest BCUT2D eigenvalue weighted by Crippen LogP contribution is 2.08. The van der Waals surface area contributed by atoms with Crippen LogP contribution in [-0.2, 0) is 9.53 Å². The van der Waals surface area contributed by atoms with Crippen molar-refractivity contribution in [2.75, 3.05) is 20.3 Å². The predicted molar refractivity (Wildman–Crippen MR) is 63.2 cm³/mol. The third kappa shape index (κ3) is 4.83. The second-order valence-electron chi connectivity index (χ2n) is 3.02. The number of amides is 1. The molecule has 0 fully saturated rings. The molecule has 0 aliphatic heterocycles. The number of benzene rings is 1.